The van der Waals surface area contributed by atoms with Crippen molar-refractivity contribution >= 4 is 5.91 Å². The largest absolute Gasteiger partial charge is 0.394 e. The summed E-state index contributed by atoms with van der Waals surface area (Å²) in [5.74, 6) is -0.174. The van der Waals surface area contributed by atoms with Gasteiger partial charge in [0.25, 0.3) is 0 Å². The number of nitrogens with one attached hydrogen (secondary N) is 1. The van der Waals surface area contributed by atoms with Gasteiger partial charge in [-0.05, 0) is 19.3 Å². The smallest absolute Gasteiger partial charge is 0.220 e. The number of unbranched alkanes of at least 4 members (excludes halogenated alkanes) is 34. The molecule has 2 unspecified atom stereocenters. The van der Waals surface area contributed by atoms with Crippen LogP contribution in [0.3, 0.4) is 0 Å². The summed E-state index contributed by atoms with van der Waals surface area (Å²) in [6.45, 7) is 3.76. The van der Waals surface area contributed by atoms with Crippen LogP contribution in [-0.2, 0) is 14.3 Å². The van der Waals surface area contributed by atoms with E-state index in [1.807, 2.05) is 6.08 Å². The second-order valence-corrected chi connectivity index (χ2v) is 18.3. The third-order valence-corrected chi connectivity index (χ3v) is 12.6. The molecule has 7 atom stereocenters. The molecule has 356 valence electrons. The van der Waals surface area contributed by atoms with E-state index in [9.17, 15) is 30.3 Å². The fourth-order valence-corrected chi connectivity index (χ4v) is 8.45. The Bertz CT molecular complexity index is 950. The second-order valence-electron chi connectivity index (χ2n) is 18.3. The zero-order valence-corrected chi connectivity index (χ0v) is 39.2. The number of allylic oxidation sites excluding steroid dienone is 1. The monoisotopic (exact) mass is 854 g/mol. The highest BCUT2D eigenvalue weighted by molar-refractivity contribution is 5.76. The molecule has 0 spiro atoms. The van der Waals surface area contributed by atoms with Crippen LogP contribution in [0.25, 0.3) is 0 Å². The molecule has 1 heterocycles. The lowest BCUT2D eigenvalue weighted by Gasteiger charge is -2.40. The maximum Gasteiger partial charge on any atom is 0.220 e. The first-order valence-corrected chi connectivity index (χ1v) is 25.9. The predicted octanol–water partition coefficient (Wildman–Crippen LogP) is 11.7. The van der Waals surface area contributed by atoms with Crippen molar-refractivity contribution in [2.24, 2.45) is 0 Å². The summed E-state index contributed by atoms with van der Waals surface area (Å²) in [5, 5.41) is 54.1. The molecule has 6 N–H and O–H groups in total. The van der Waals surface area contributed by atoms with Crippen molar-refractivity contribution in [2.75, 3.05) is 13.2 Å². The van der Waals surface area contributed by atoms with Crippen LogP contribution in [-0.4, -0.2) is 87.5 Å². The molecule has 0 bridgehead atoms. The van der Waals surface area contributed by atoms with E-state index >= 15 is 0 Å². The molecule has 1 amide bonds. The van der Waals surface area contributed by atoms with E-state index in [1.54, 1.807) is 6.08 Å². The third kappa shape index (κ3) is 31.7. The van der Waals surface area contributed by atoms with E-state index in [2.05, 4.69) is 19.2 Å². The van der Waals surface area contributed by atoms with E-state index in [0.29, 0.717) is 6.42 Å². The van der Waals surface area contributed by atoms with Crippen LogP contribution in [0.2, 0.25) is 0 Å². The van der Waals surface area contributed by atoms with Crippen LogP contribution in [0, 0.1) is 0 Å². The van der Waals surface area contributed by atoms with Crippen LogP contribution in [0.5, 0.6) is 0 Å². The van der Waals surface area contributed by atoms with E-state index in [0.717, 1.165) is 38.5 Å². The van der Waals surface area contributed by atoms with Gasteiger partial charge in [-0.1, -0.05) is 238 Å². The highest BCUT2D eigenvalue weighted by Gasteiger charge is 2.44. The number of aliphatic hydroxyl groups is 5. The van der Waals surface area contributed by atoms with Gasteiger partial charge in [0.15, 0.2) is 6.29 Å². The van der Waals surface area contributed by atoms with Crippen molar-refractivity contribution in [1.29, 1.82) is 0 Å². The lowest BCUT2D eigenvalue weighted by Crippen LogP contribution is -2.60. The number of carbonyl (C=O) groups excluding carboxylic acids is 1. The van der Waals surface area contributed by atoms with Gasteiger partial charge in [0.05, 0.1) is 25.4 Å². The van der Waals surface area contributed by atoms with E-state index in [-0.39, 0.29) is 12.5 Å². The summed E-state index contributed by atoms with van der Waals surface area (Å²) in [7, 11) is 0. The van der Waals surface area contributed by atoms with Crippen LogP contribution >= 0.6 is 0 Å². The summed E-state index contributed by atoms with van der Waals surface area (Å²) in [6, 6.07) is -0.797. The Hall–Kier alpha value is -1.07. The molecule has 0 aromatic carbocycles. The Morgan fingerprint density at radius 2 is 0.917 bits per heavy atom. The molecule has 0 aromatic rings. The summed E-state index contributed by atoms with van der Waals surface area (Å²) in [4.78, 5) is 12.9. The van der Waals surface area contributed by atoms with Crippen LogP contribution in [0.4, 0.5) is 0 Å². The van der Waals surface area contributed by atoms with Crippen molar-refractivity contribution in [3.05, 3.63) is 12.2 Å². The molecule has 0 radical (unpaired) electrons. The van der Waals surface area contributed by atoms with Gasteiger partial charge < -0.3 is 40.3 Å². The van der Waals surface area contributed by atoms with E-state index in [1.165, 1.54) is 193 Å². The maximum atomic E-state index is 12.9. The fourth-order valence-electron chi connectivity index (χ4n) is 8.45. The Morgan fingerprint density at radius 3 is 1.30 bits per heavy atom. The van der Waals surface area contributed by atoms with Gasteiger partial charge in [0, 0.05) is 6.42 Å². The SMILES string of the molecule is CCCCCCCCC/C=C/[C@@H](O)[C@H](CO[C@@H]1O[C@H](CO)[C@H](O)C(O)C1O)NC(=O)CCCCCCCCCCCCCCCCCCCCCCCCCCCCCC. The van der Waals surface area contributed by atoms with Gasteiger partial charge in [0.1, 0.15) is 24.4 Å². The summed E-state index contributed by atoms with van der Waals surface area (Å²) >= 11 is 0. The molecule has 1 aliphatic rings. The van der Waals surface area contributed by atoms with Crippen molar-refractivity contribution < 1.29 is 39.8 Å². The summed E-state index contributed by atoms with van der Waals surface area (Å²) < 4.78 is 11.2. The van der Waals surface area contributed by atoms with Crippen LogP contribution in [0.15, 0.2) is 12.2 Å². The minimum absolute atomic E-state index is 0.174. The number of hydrogen-bond acceptors (Lipinski definition) is 8. The predicted molar refractivity (Wildman–Crippen MR) is 249 cm³/mol. The Morgan fingerprint density at radius 1 is 0.550 bits per heavy atom. The number of amides is 1. The zero-order chi connectivity index (χ0) is 43.7. The number of hydrogen-bond donors (Lipinski definition) is 6. The van der Waals surface area contributed by atoms with Crippen molar-refractivity contribution in [1.82, 2.24) is 5.32 Å². The minimum atomic E-state index is -1.56. The van der Waals surface area contributed by atoms with E-state index < -0.39 is 49.5 Å². The topological polar surface area (TPSA) is 149 Å². The van der Waals surface area contributed by atoms with Gasteiger partial charge in [-0.25, -0.2) is 0 Å². The molecule has 1 aliphatic heterocycles. The summed E-state index contributed by atoms with van der Waals surface area (Å²) in [5.41, 5.74) is 0. The molecule has 1 saturated heterocycles. The summed E-state index contributed by atoms with van der Waals surface area (Å²) in [6.07, 6.45) is 43.0. The average Bonchev–Trinajstić information content (AvgIpc) is 3.25. The molecular formula is C51H99NO8. The first-order valence-electron chi connectivity index (χ1n) is 25.9. The normalized spacial score (nSPS) is 20.6. The van der Waals surface area contributed by atoms with Crippen molar-refractivity contribution in [3.63, 3.8) is 0 Å². The Labute approximate surface area is 369 Å². The first-order chi connectivity index (χ1) is 29.3. The van der Waals surface area contributed by atoms with Gasteiger partial charge in [0.2, 0.25) is 5.91 Å². The number of carbonyl (C=O) groups is 1. The molecule has 60 heavy (non-hydrogen) atoms. The highest BCUT2D eigenvalue weighted by atomic mass is 16.7. The highest BCUT2D eigenvalue weighted by Crippen LogP contribution is 2.23. The van der Waals surface area contributed by atoms with Gasteiger partial charge in [-0.15, -0.1) is 0 Å². The van der Waals surface area contributed by atoms with Gasteiger partial charge in [-0.2, -0.15) is 0 Å². The number of ether oxygens (including phenoxy) is 2. The number of aliphatic hydroxyl groups excluding tert-OH is 5. The standard InChI is InChI=1S/C51H99NO8/c1-3-5-7-9-11-13-14-15-16-17-18-19-20-21-22-23-24-25-26-27-28-29-30-31-33-35-37-39-41-47(55)52-44(45(54)40-38-36-34-32-12-10-8-6-4-2)43-59-51-50(58)49(57)48(56)46(42-53)60-51/h38,40,44-46,48-51,53-54,56-58H,3-37,39,41-43H2,1-2H3,(H,52,55)/b40-38+/t44-,45+,46+,48-,49?,50?,51+/m0/s1. The number of rotatable bonds is 44. The minimum Gasteiger partial charge on any atom is -0.394 e. The molecule has 0 aromatic heterocycles. The van der Waals surface area contributed by atoms with Crippen LogP contribution in [0.1, 0.15) is 251 Å². The van der Waals surface area contributed by atoms with E-state index in [4.69, 9.17) is 9.47 Å². The molecule has 1 fully saturated rings. The molecule has 9 heteroatoms. The molecule has 0 aliphatic carbocycles. The van der Waals surface area contributed by atoms with Crippen LogP contribution < -0.4 is 5.32 Å². The Balaban J connectivity index is 2.11. The molecular weight excluding hydrogens is 755 g/mol. The molecule has 9 nitrogen and oxygen atoms in total. The Kier molecular flexibility index (Phi) is 39.8. The van der Waals surface area contributed by atoms with Crippen molar-refractivity contribution in [2.45, 2.75) is 294 Å². The fraction of sp³-hybridized carbons (Fsp3) is 0.941. The second kappa shape index (κ2) is 41.9. The quantitative estimate of drug-likeness (QED) is 0.0262. The lowest BCUT2D eigenvalue weighted by atomic mass is 9.99. The zero-order valence-electron chi connectivity index (χ0n) is 39.2. The first kappa shape index (κ1) is 56.9. The lowest BCUT2D eigenvalue weighted by molar-refractivity contribution is -0.302. The van der Waals surface area contributed by atoms with Gasteiger partial charge in [-0.3, -0.25) is 4.79 Å². The molecule has 1 rings (SSSR count). The third-order valence-electron chi connectivity index (χ3n) is 12.6. The molecule has 0 saturated carbocycles. The van der Waals surface area contributed by atoms with Crippen molar-refractivity contribution in [3.8, 4) is 0 Å². The maximum absolute atomic E-state index is 12.9. The van der Waals surface area contributed by atoms with Gasteiger partial charge >= 0.3 is 0 Å². The average molecular weight is 854 g/mol.